The summed E-state index contributed by atoms with van der Waals surface area (Å²) in [6.07, 6.45) is 0. The van der Waals surface area contributed by atoms with Gasteiger partial charge >= 0.3 is 0 Å². The molecule has 0 aliphatic rings. The normalized spacial score (nSPS) is 11.0. The number of fused-ring (bicyclic) bond motifs is 1. The fourth-order valence-electron chi connectivity index (χ4n) is 2.96. The van der Waals surface area contributed by atoms with Crippen LogP contribution in [-0.4, -0.2) is 15.7 Å². The molecule has 3 nitrogen and oxygen atoms in total. The number of rotatable bonds is 4. The molecule has 2 N–H and O–H groups in total. The Morgan fingerprint density at radius 2 is 1.38 bits per heavy atom. The summed E-state index contributed by atoms with van der Waals surface area (Å²) in [7, 11) is 0. The molecule has 1 heterocycles. The lowest BCUT2D eigenvalue weighted by molar-refractivity contribution is 1.28. The van der Waals surface area contributed by atoms with Gasteiger partial charge < -0.3 is 5.73 Å². The number of anilines is 1. The summed E-state index contributed by atoms with van der Waals surface area (Å²) in [6.45, 7) is 2.13. The molecule has 128 valence electrons. The van der Waals surface area contributed by atoms with Crippen molar-refractivity contribution in [2.75, 3.05) is 11.5 Å². The van der Waals surface area contributed by atoms with E-state index in [1.165, 1.54) is 0 Å². The summed E-state index contributed by atoms with van der Waals surface area (Å²) in [6, 6.07) is 24.3. The SMILES string of the molecule is CCSc1cc(-c2nc3ccccc3nc2-c2ccccc2)ccc1N. The van der Waals surface area contributed by atoms with Crippen LogP contribution in [0.5, 0.6) is 0 Å². The van der Waals surface area contributed by atoms with Gasteiger partial charge in [0.05, 0.1) is 22.4 Å². The van der Waals surface area contributed by atoms with E-state index in [1.54, 1.807) is 11.8 Å². The van der Waals surface area contributed by atoms with Gasteiger partial charge in [0.2, 0.25) is 0 Å². The van der Waals surface area contributed by atoms with Gasteiger partial charge in [0.1, 0.15) is 0 Å². The topological polar surface area (TPSA) is 51.8 Å². The highest BCUT2D eigenvalue weighted by Gasteiger charge is 2.14. The van der Waals surface area contributed by atoms with Crippen molar-refractivity contribution in [1.82, 2.24) is 9.97 Å². The average molecular weight is 357 g/mol. The van der Waals surface area contributed by atoms with Crippen LogP contribution in [0.1, 0.15) is 6.92 Å². The molecule has 0 amide bonds. The number of para-hydroxylation sites is 2. The van der Waals surface area contributed by atoms with E-state index in [1.807, 2.05) is 54.6 Å². The predicted octanol–water partition coefficient (Wildman–Crippen LogP) is 5.66. The van der Waals surface area contributed by atoms with Gasteiger partial charge in [0, 0.05) is 21.7 Å². The summed E-state index contributed by atoms with van der Waals surface area (Å²) >= 11 is 1.74. The zero-order chi connectivity index (χ0) is 17.9. The quantitative estimate of drug-likeness (QED) is 0.378. The third-order valence-electron chi connectivity index (χ3n) is 4.20. The van der Waals surface area contributed by atoms with Gasteiger partial charge in [0.25, 0.3) is 0 Å². The summed E-state index contributed by atoms with van der Waals surface area (Å²) in [4.78, 5) is 10.9. The van der Waals surface area contributed by atoms with Crippen molar-refractivity contribution in [2.24, 2.45) is 0 Å². The lowest BCUT2D eigenvalue weighted by Gasteiger charge is -2.12. The van der Waals surface area contributed by atoms with E-state index in [0.717, 1.165) is 49.9 Å². The highest BCUT2D eigenvalue weighted by molar-refractivity contribution is 7.99. The molecule has 4 aromatic rings. The molecule has 4 rings (SSSR count). The minimum absolute atomic E-state index is 0.801. The fraction of sp³-hybridized carbons (Fsp3) is 0.0909. The van der Waals surface area contributed by atoms with Crippen molar-refractivity contribution in [3.63, 3.8) is 0 Å². The minimum Gasteiger partial charge on any atom is -0.398 e. The van der Waals surface area contributed by atoms with Crippen LogP contribution < -0.4 is 5.73 Å². The van der Waals surface area contributed by atoms with E-state index in [2.05, 4.69) is 25.1 Å². The molecule has 0 unspecified atom stereocenters. The summed E-state index contributed by atoms with van der Waals surface area (Å²) in [5.74, 6) is 0.975. The molecule has 0 radical (unpaired) electrons. The van der Waals surface area contributed by atoms with Crippen molar-refractivity contribution in [1.29, 1.82) is 0 Å². The molecule has 0 aliphatic carbocycles. The van der Waals surface area contributed by atoms with Crippen LogP contribution in [-0.2, 0) is 0 Å². The molecule has 0 aliphatic heterocycles. The lowest BCUT2D eigenvalue weighted by atomic mass is 10.0. The highest BCUT2D eigenvalue weighted by Crippen LogP contribution is 2.35. The third kappa shape index (κ3) is 3.16. The Bertz CT molecular complexity index is 1060. The largest absolute Gasteiger partial charge is 0.398 e. The first-order valence-electron chi connectivity index (χ1n) is 8.61. The lowest BCUT2D eigenvalue weighted by Crippen LogP contribution is -1.96. The molecule has 0 fully saturated rings. The van der Waals surface area contributed by atoms with Crippen LogP contribution in [0, 0.1) is 0 Å². The van der Waals surface area contributed by atoms with Crippen LogP contribution in [0.25, 0.3) is 33.5 Å². The third-order valence-corrected chi connectivity index (χ3v) is 5.16. The minimum atomic E-state index is 0.801. The van der Waals surface area contributed by atoms with Crippen molar-refractivity contribution < 1.29 is 0 Å². The number of nitrogens with two attached hydrogens (primary N) is 1. The van der Waals surface area contributed by atoms with Crippen molar-refractivity contribution >= 4 is 28.5 Å². The molecule has 0 saturated heterocycles. The molecular formula is C22H19N3S. The smallest absolute Gasteiger partial charge is 0.0973 e. The van der Waals surface area contributed by atoms with Gasteiger partial charge in [0.15, 0.2) is 0 Å². The monoisotopic (exact) mass is 357 g/mol. The number of aromatic nitrogens is 2. The van der Waals surface area contributed by atoms with E-state index in [-0.39, 0.29) is 0 Å². The number of nitrogens with zero attached hydrogens (tertiary/aromatic N) is 2. The van der Waals surface area contributed by atoms with Crippen LogP contribution in [0.2, 0.25) is 0 Å². The van der Waals surface area contributed by atoms with Gasteiger partial charge in [-0.05, 0) is 30.0 Å². The van der Waals surface area contributed by atoms with E-state index in [9.17, 15) is 0 Å². The molecule has 1 aromatic heterocycles. The van der Waals surface area contributed by atoms with E-state index in [4.69, 9.17) is 15.7 Å². The summed E-state index contributed by atoms with van der Waals surface area (Å²) in [5, 5.41) is 0. The first kappa shape index (κ1) is 16.6. The predicted molar refractivity (Wildman–Crippen MR) is 111 cm³/mol. The molecule has 26 heavy (non-hydrogen) atoms. The number of nitrogen functional groups attached to an aromatic ring is 1. The van der Waals surface area contributed by atoms with Crippen LogP contribution in [0.15, 0.2) is 77.7 Å². The van der Waals surface area contributed by atoms with E-state index < -0.39 is 0 Å². The van der Waals surface area contributed by atoms with Crippen molar-refractivity contribution in [3.8, 4) is 22.5 Å². The maximum Gasteiger partial charge on any atom is 0.0973 e. The van der Waals surface area contributed by atoms with Gasteiger partial charge in [-0.15, -0.1) is 11.8 Å². The van der Waals surface area contributed by atoms with Crippen LogP contribution >= 0.6 is 11.8 Å². The second-order valence-electron chi connectivity index (χ2n) is 5.96. The molecular weight excluding hydrogens is 338 g/mol. The summed E-state index contributed by atoms with van der Waals surface area (Å²) in [5.41, 5.74) is 12.6. The number of benzene rings is 3. The second kappa shape index (κ2) is 7.18. The molecule has 0 saturated carbocycles. The van der Waals surface area contributed by atoms with E-state index in [0.29, 0.717) is 0 Å². The Hall–Kier alpha value is -2.85. The van der Waals surface area contributed by atoms with Crippen LogP contribution in [0.4, 0.5) is 5.69 Å². The van der Waals surface area contributed by atoms with Gasteiger partial charge in [-0.1, -0.05) is 55.5 Å². The molecule has 4 heteroatoms. The maximum atomic E-state index is 6.14. The number of hydrogen-bond acceptors (Lipinski definition) is 4. The molecule has 0 bridgehead atoms. The first-order chi connectivity index (χ1) is 12.8. The number of hydrogen-bond donors (Lipinski definition) is 1. The van der Waals surface area contributed by atoms with Crippen LogP contribution in [0.3, 0.4) is 0 Å². The molecule has 0 atom stereocenters. The zero-order valence-electron chi connectivity index (χ0n) is 14.5. The zero-order valence-corrected chi connectivity index (χ0v) is 15.3. The maximum absolute atomic E-state index is 6.14. The number of thioether (sulfide) groups is 1. The molecule has 3 aromatic carbocycles. The molecule has 0 spiro atoms. The second-order valence-corrected chi connectivity index (χ2v) is 7.27. The Kier molecular flexibility index (Phi) is 4.59. The Labute approximate surface area is 157 Å². The van der Waals surface area contributed by atoms with Gasteiger partial charge in [-0.3, -0.25) is 0 Å². The average Bonchev–Trinajstić information content (AvgIpc) is 2.69. The van der Waals surface area contributed by atoms with Gasteiger partial charge in [-0.25, -0.2) is 9.97 Å². The Morgan fingerprint density at radius 1 is 0.769 bits per heavy atom. The summed E-state index contributed by atoms with van der Waals surface area (Å²) < 4.78 is 0. The Balaban J connectivity index is 1.97. The van der Waals surface area contributed by atoms with Crippen molar-refractivity contribution in [3.05, 3.63) is 72.8 Å². The Morgan fingerprint density at radius 3 is 2.04 bits per heavy atom. The van der Waals surface area contributed by atoms with Gasteiger partial charge in [-0.2, -0.15) is 0 Å². The standard InChI is InChI=1S/C22H19N3S/c1-2-26-20-14-16(12-13-17(20)23)22-21(15-8-4-3-5-9-15)24-18-10-6-7-11-19(18)25-22/h3-14H,2,23H2,1H3. The highest BCUT2D eigenvalue weighted by atomic mass is 32.2. The van der Waals surface area contributed by atoms with E-state index >= 15 is 0 Å². The fourth-order valence-corrected chi connectivity index (χ4v) is 3.72. The van der Waals surface area contributed by atoms with Crippen molar-refractivity contribution in [2.45, 2.75) is 11.8 Å². The first-order valence-corrected chi connectivity index (χ1v) is 9.59.